The highest BCUT2D eigenvalue weighted by molar-refractivity contribution is 6.19. The van der Waals surface area contributed by atoms with Gasteiger partial charge in [0, 0.05) is 28.1 Å². The summed E-state index contributed by atoms with van der Waals surface area (Å²) < 4.78 is 2.39. The van der Waals surface area contributed by atoms with Crippen LogP contribution >= 0.6 is 0 Å². The zero-order valence-electron chi connectivity index (χ0n) is 26.4. The lowest BCUT2D eigenvalue weighted by atomic mass is 9.98. The standard InChI is InChI=1S/C42H41N3/c1-5-7-12-30(3)16-18-32(6-2)34-21-24-39-40-25-22-35-27-33(36(29-44)19-17-31(4)13-11-26-43)20-23-38(35)42(40)45(41(39)28-34)37-14-9-8-10-15-37/h6-16,18-29,44H,3,5,17,43H2,1-2,4H3/b12-7-,18-16+,26-11-,31-13+,32-6+,36-19+,44-29?. The molecule has 5 rings (SSSR count). The minimum Gasteiger partial charge on any atom is -0.405 e. The molecule has 4 aromatic carbocycles. The van der Waals surface area contributed by atoms with Gasteiger partial charge in [-0.15, -0.1) is 0 Å². The monoisotopic (exact) mass is 587 g/mol. The molecule has 5 aromatic rings. The van der Waals surface area contributed by atoms with Gasteiger partial charge in [0.1, 0.15) is 0 Å². The van der Waals surface area contributed by atoms with Gasteiger partial charge in [0.15, 0.2) is 0 Å². The van der Waals surface area contributed by atoms with E-state index in [-0.39, 0.29) is 0 Å². The Labute approximate surface area is 266 Å². The van der Waals surface area contributed by atoms with Gasteiger partial charge in [0.2, 0.25) is 0 Å². The number of benzene rings is 4. The lowest BCUT2D eigenvalue weighted by molar-refractivity contribution is 1.19. The summed E-state index contributed by atoms with van der Waals surface area (Å²) in [5.41, 5.74) is 15.4. The Hall–Kier alpha value is -5.41. The van der Waals surface area contributed by atoms with Crippen molar-refractivity contribution in [2.24, 2.45) is 5.73 Å². The Morgan fingerprint density at radius 2 is 1.60 bits per heavy atom. The van der Waals surface area contributed by atoms with E-state index in [4.69, 9.17) is 11.1 Å². The molecule has 45 heavy (non-hydrogen) atoms. The van der Waals surface area contributed by atoms with Gasteiger partial charge in [-0.2, -0.15) is 0 Å². The summed E-state index contributed by atoms with van der Waals surface area (Å²) in [6.07, 6.45) is 21.2. The predicted octanol–water partition coefficient (Wildman–Crippen LogP) is 11.3. The van der Waals surface area contributed by atoms with Gasteiger partial charge in [-0.05, 0) is 96.5 Å². The van der Waals surface area contributed by atoms with Crippen molar-refractivity contribution < 1.29 is 0 Å². The van der Waals surface area contributed by atoms with E-state index in [0.717, 1.165) is 57.3 Å². The van der Waals surface area contributed by atoms with E-state index in [9.17, 15) is 0 Å². The second-order valence-electron chi connectivity index (χ2n) is 11.2. The molecular formula is C42H41N3. The second-order valence-corrected chi connectivity index (χ2v) is 11.2. The van der Waals surface area contributed by atoms with Gasteiger partial charge < -0.3 is 15.7 Å². The first-order valence-electron chi connectivity index (χ1n) is 15.5. The smallest absolute Gasteiger partial charge is 0.0619 e. The second kappa shape index (κ2) is 14.4. The minimum atomic E-state index is 0.754. The Morgan fingerprint density at radius 3 is 2.31 bits per heavy atom. The van der Waals surface area contributed by atoms with E-state index < -0.39 is 0 Å². The lowest BCUT2D eigenvalue weighted by Gasteiger charge is -2.12. The van der Waals surface area contributed by atoms with Crippen molar-refractivity contribution in [1.82, 2.24) is 4.57 Å². The third-order valence-electron chi connectivity index (χ3n) is 8.07. The first kappa shape index (κ1) is 31.0. The molecule has 1 aromatic heterocycles. The van der Waals surface area contributed by atoms with Gasteiger partial charge in [0.25, 0.3) is 0 Å². The Kier molecular flexibility index (Phi) is 9.91. The van der Waals surface area contributed by atoms with Gasteiger partial charge >= 0.3 is 0 Å². The number of rotatable bonds is 11. The van der Waals surface area contributed by atoms with E-state index in [0.29, 0.717) is 0 Å². The molecule has 0 fully saturated rings. The number of nitrogens with two attached hydrogens (primary N) is 1. The van der Waals surface area contributed by atoms with Crippen LogP contribution < -0.4 is 5.73 Å². The summed E-state index contributed by atoms with van der Waals surface area (Å²) in [4.78, 5) is 0. The third kappa shape index (κ3) is 6.73. The van der Waals surface area contributed by atoms with Crippen LogP contribution in [-0.4, -0.2) is 10.8 Å². The number of para-hydroxylation sites is 1. The molecule has 0 spiro atoms. The summed E-state index contributed by atoms with van der Waals surface area (Å²) in [7, 11) is 0. The van der Waals surface area contributed by atoms with Crippen molar-refractivity contribution >= 4 is 49.9 Å². The number of nitrogens with zero attached hydrogens (tertiary/aromatic N) is 1. The highest BCUT2D eigenvalue weighted by atomic mass is 15.0. The van der Waals surface area contributed by atoms with Crippen LogP contribution in [0.5, 0.6) is 0 Å². The van der Waals surface area contributed by atoms with Crippen LogP contribution in [0.2, 0.25) is 0 Å². The quantitative estimate of drug-likeness (QED) is 0.117. The van der Waals surface area contributed by atoms with E-state index >= 15 is 0 Å². The maximum Gasteiger partial charge on any atom is 0.0619 e. The SMILES string of the molecule is C=C(/C=C\CC)/C=C/C(=C\C)c1ccc2c3ccc4cc(/C(C=N)=C/C/C(C)=C/C=C\N)ccc4c3n(-c3ccccc3)c2c1. The number of nitrogens with one attached hydrogen (secondary N) is 1. The van der Waals surface area contributed by atoms with E-state index in [1.807, 2.05) is 12.2 Å². The van der Waals surface area contributed by atoms with Crippen molar-refractivity contribution in [1.29, 1.82) is 5.41 Å². The molecule has 0 aliphatic carbocycles. The fourth-order valence-corrected chi connectivity index (χ4v) is 5.74. The van der Waals surface area contributed by atoms with Gasteiger partial charge in [-0.25, -0.2) is 0 Å². The summed E-state index contributed by atoms with van der Waals surface area (Å²) in [6.45, 7) is 10.5. The molecule has 0 aliphatic rings. The summed E-state index contributed by atoms with van der Waals surface area (Å²) in [5.74, 6) is 0. The predicted molar refractivity (Wildman–Crippen MR) is 198 cm³/mol. The summed E-state index contributed by atoms with van der Waals surface area (Å²) in [6, 6.07) is 28.4. The van der Waals surface area contributed by atoms with Crippen LogP contribution in [0.3, 0.4) is 0 Å². The molecule has 0 saturated heterocycles. The van der Waals surface area contributed by atoms with Crippen LogP contribution in [0.1, 0.15) is 44.7 Å². The molecule has 0 amide bonds. The van der Waals surface area contributed by atoms with Crippen LogP contribution in [-0.2, 0) is 0 Å². The molecule has 0 aliphatic heterocycles. The molecule has 0 atom stereocenters. The topological polar surface area (TPSA) is 54.8 Å². The molecule has 1 heterocycles. The number of aromatic nitrogens is 1. The highest BCUT2D eigenvalue weighted by Gasteiger charge is 2.16. The van der Waals surface area contributed by atoms with E-state index in [2.05, 4.69) is 147 Å². The normalized spacial score (nSPS) is 13.4. The Bertz CT molecular complexity index is 2060. The zero-order chi connectivity index (χ0) is 31.8. The highest BCUT2D eigenvalue weighted by Crippen LogP contribution is 2.38. The zero-order valence-corrected chi connectivity index (χ0v) is 26.4. The van der Waals surface area contributed by atoms with Crippen molar-refractivity contribution in [3.8, 4) is 5.69 Å². The van der Waals surface area contributed by atoms with Crippen LogP contribution in [0.15, 0.2) is 151 Å². The Morgan fingerprint density at radius 1 is 0.867 bits per heavy atom. The van der Waals surface area contributed by atoms with Crippen LogP contribution in [0.4, 0.5) is 0 Å². The first-order valence-corrected chi connectivity index (χ1v) is 15.5. The average molecular weight is 588 g/mol. The number of fused-ring (bicyclic) bond motifs is 5. The van der Waals surface area contributed by atoms with Crippen LogP contribution in [0, 0.1) is 5.41 Å². The maximum absolute atomic E-state index is 8.12. The molecule has 0 saturated carbocycles. The van der Waals surface area contributed by atoms with Gasteiger partial charge in [0.05, 0.1) is 11.0 Å². The van der Waals surface area contributed by atoms with E-state index in [1.165, 1.54) is 39.7 Å². The molecule has 0 unspecified atom stereocenters. The lowest BCUT2D eigenvalue weighted by Crippen LogP contribution is -1.95. The van der Waals surface area contributed by atoms with Crippen molar-refractivity contribution in [3.63, 3.8) is 0 Å². The molecule has 0 bridgehead atoms. The molecular weight excluding hydrogens is 546 g/mol. The largest absolute Gasteiger partial charge is 0.405 e. The number of allylic oxidation sites excluding steroid dienone is 12. The van der Waals surface area contributed by atoms with E-state index in [1.54, 1.807) is 0 Å². The fourth-order valence-electron chi connectivity index (χ4n) is 5.74. The number of hydrogen-bond donors (Lipinski definition) is 2. The molecule has 3 N–H and O–H groups in total. The molecule has 224 valence electrons. The molecule has 0 radical (unpaired) electrons. The first-order chi connectivity index (χ1) is 22.0. The van der Waals surface area contributed by atoms with Gasteiger partial charge in [-0.3, -0.25) is 0 Å². The molecule has 3 heteroatoms. The number of hydrogen-bond acceptors (Lipinski definition) is 2. The third-order valence-corrected chi connectivity index (χ3v) is 8.07. The summed E-state index contributed by atoms with van der Waals surface area (Å²) >= 11 is 0. The minimum absolute atomic E-state index is 0.754. The van der Waals surface area contributed by atoms with Gasteiger partial charge in [-0.1, -0.05) is 116 Å². The van der Waals surface area contributed by atoms with Crippen molar-refractivity contribution in [3.05, 3.63) is 163 Å². The average Bonchev–Trinajstić information content (AvgIpc) is 3.41. The maximum atomic E-state index is 8.12. The van der Waals surface area contributed by atoms with Crippen molar-refractivity contribution in [2.75, 3.05) is 0 Å². The fraction of sp³-hybridized carbons (Fsp3) is 0.119. The van der Waals surface area contributed by atoms with Crippen molar-refractivity contribution in [2.45, 2.75) is 33.6 Å². The Balaban J connectivity index is 1.68. The van der Waals surface area contributed by atoms with Crippen LogP contribution in [0.25, 0.3) is 49.4 Å². The summed E-state index contributed by atoms with van der Waals surface area (Å²) in [5, 5.41) is 12.9. The molecule has 3 nitrogen and oxygen atoms in total.